The van der Waals surface area contributed by atoms with Crippen molar-refractivity contribution in [2.75, 3.05) is 27.4 Å². The number of benzene rings is 2. The molecule has 2 aromatic carbocycles. The molecule has 1 aliphatic heterocycles. The fourth-order valence-corrected chi connectivity index (χ4v) is 3.57. The first-order valence-corrected chi connectivity index (χ1v) is 10.2. The van der Waals surface area contributed by atoms with Crippen LogP contribution in [0.1, 0.15) is 25.0 Å². The minimum absolute atomic E-state index is 0.224. The second-order valence-electron chi connectivity index (χ2n) is 7.04. The van der Waals surface area contributed by atoms with E-state index in [9.17, 15) is 9.59 Å². The van der Waals surface area contributed by atoms with Gasteiger partial charge in [0.05, 0.1) is 32.0 Å². The molecule has 0 atom stereocenters. The van der Waals surface area contributed by atoms with Crippen molar-refractivity contribution >= 4 is 18.0 Å². The molecule has 0 unspecified atom stereocenters. The summed E-state index contributed by atoms with van der Waals surface area (Å²) in [7, 11) is 2.94. The van der Waals surface area contributed by atoms with Gasteiger partial charge in [-0.2, -0.15) is 0 Å². The number of hydrogen-bond acceptors (Lipinski definition) is 5. The predicted octanol–water partition coefficient (Wildman–Crippen LogP) is 4.01. The van der Waals surface area contributed by atoms with Gasteiger partial charge in [0.2, 0.25) is 0 Å². The van der Waals surface area contributed by atoms with Gasteiger partial charge in [0.1, 0.15) is 11.5 Å². The lowest BCUT2D eigenvalue weighted by Gasteiger charge is -2.18. The molecule has 1 amide bonds. The van der Waals surface area contributed by atoms with E-state index in [0.29, 0.717) is 36.6 Å². The molecule has 3 rings (SSSR count). The molecule has 0 bridgehead atoms. The number of nitrogens with zero attached hydrogens (tertiary/aromatic N) is 1. The molecule has 0 aliphatic carbocycles. The molecule has 1 heterocycles. The first kappa shape index (κ1) is 22.2. The second-order valence-corrected chi connectivity index (χ2v) is 7.04. The van der Waals surface area contributed by atoms with Crippen molar-refractivity contribution < 1.29 is 23.8 Å². The highest BCUT2D eigenvalue weighted by Crippen LogP contribution is 2.33. The van der Waals surface area contributed by atoms with Crippen LogP contribution < -0.4 is 9.47 Å². The quantitative estimate of drug-likeness (QED) is 0.476. The largest absolute Gasteiger partial charge is 0.497 e. The van der Waals surface area contributed by atoms with Gasteiger partial charge in [0.25, 0.3) is 5.91 Å². The monoisotopic (exact) mass is 421 g/mol. The molecule has 162 valence electrons. The van der Waals surface area contributed by atoms with Crippen molar-refractivity contribution in [3.8, 4) is 11.5 Å². The number of ether oxygens (including phenoxy) is 3. The maximum Gasteiger partial charge on any atom is 0.340 e. The van der Waals surface area contributed by atoms with Crippen LogP contribution in [0.2, 0.25) is 0 Å². The molecule has 1 aliphatic rings. The smallest absolute Gasteiger partial charge is 0.340 e. The Bertz CT molecular complexity index is 1020. The van der Waals surface area contributed by atoms with Gasteiger partial charge >= 0.3 is 5.97 Å². The number of methoxy groups -OCH3 is 2. The highest BCUT2D eigenvalue weighted by atomic mass is 16.5. The zero-order chi connectivity index (χ0) is 22.4. The average Bonchev–Trinajstić information content (AvgIpc) is 3.02. The van der Waals surface area contributed by atoms with E-state index in [1.807, 2.05) is 55.5 Å². The van der Waals surface area contributed by atoms with Gasteiger partial charge in [0, 0.05) is 17.8 Å². The van der Waals surface area contributed by atoms with Crippen LogP contribution in [0.3, 0.4) is 0 Å². The van der Waals surface area contributed by atoms with E-state index < -0.39 is 5.97 Å². The lowest BCUT2D eigenvalue weighted by atomic mass is 10.0. The first-order chi connectivity index (χ1) is 15.0. The third-order valence-corrected chi connectivity index (χ3v) is 5.20. The summed E-state index contributed by atoms with van der Waals surface area (Å²) < 4.78 is 15.8. The summed E-state index contributed by atoms with van der Waals surface area (Å²) in [6, 6.07) is 15.1. The summed E-state index contributed by atoms with van der Waals surface area (Å²) >= 11 is 0. The van der Waals surface area contributed by atoms with Crippen LogP contribution in [0.4, 0.5) is 0 Å². The van der Waals surface area contributed by atoms with Crippen molar-refractivity contribution in [3.63, 3.8) is 0 Å². The number of amides is 1. The van der Waals surface area contributed by atoms with Gasteiger partial charge in [-0.15, -0.1) is 0 Å². The van der Waals surface area contributed by atoms with Crippen molar-refractivity contribution in [2.45, 2.75) is 20.3 Å². The lowest BCUT2D eigenvalue weighted by molar-refractivity contribution is -0.136. The number of rotatable bonds is 8. The summed E-state index contributed by atoms with van der Waals surface area (Å²) in [5.41, 5.74) is 2.99. The zero-order valence-corrected chi connectivity index (χ0v) is 18.3. The molecule has 0 radical (unpaired) electrons. The van der Waals surface area contributed by atoms with Gasteiger partial charge in [-0.1, -0.05) is 30.3 Å². The van der Waals surface area contributed by atoms with E-state index >= 15 is 0 Å². The van der Waals surface area contributed by atoms with Crippen molar-refractivity contribution in [2.24, 2.45) is 0 Å². The Morgan fingerprint density at radius 1 is 1.06 bits per heavy atom. The number of carbonyl (C=O) groups is 2. The molecule has 0 aromatic heterocycles. The number of allylic oxidation sites excluding steroid dienone is 1. The molecule has 31 heavy (non-hydrogen) atoms. The van der Waals surface area contributed by atoms with Crippen molar-refractivity contribution in [1.82, 2.24) is 4.90 Å². The predicted molar refractivity (Wildman–Crippen MR) is 119 cm³/mol. The van der Waals surface area contributed by atoms with E-state index in [0.717, 1.165) is 16.9 Å². The summed E-state index contributed by atoms with van der Waals surface area (Å²) in [5.74, 6) is 0.683. The van der Waals surface area contributed by atoms with Crippen LogP contribution in [0.15, 0.2) is 65.4 Å². The molecular formula is C25H27NO5. The standard InChI is InChI=1S/C25H27NO5/c1-5-31-22-9-7-6-8-19(22)16-21-23(25(28)30-4)17(2)26(24(21)27)15-14-18-10-12-20(29-3)13-11-18/h6-13,16H,5,14-15H2,1-4H3/b21-16-. The first-order valence-electron chi connectivity index (χ1n) is 10.2. The Kier molecular flexibility index (Phi) is 7.13. The molecule has 0 saturated carbocycles. The Morgan fingerprint density at radius 2 is 1.77 bits per heavy atom. The van der Waals surface area contributed by atoms with Gasteiger partial charge in [-0.05, 0) is 50.1 Å². The number of esters is 1. The third kappa shape index (κ3) is 4.79. The Morgan fingerprint density at radius 3 is 2.42 bits per heavy atom. The summed E-state index contributed by atoms with van der Waals surface area (Å²) in [6.45, 7) is 4.62. The molecule has 0 fully saturated rings. The lowest BCUT2D eigenvalue weighted by Crippen LogP contribution is -2.27. The molecule has 6 heteroatoms. The SMILES string of the molecule is CCOc1ccccc1/C=C1\C(=O)N(CCc2ccc(OC)cc2)C(C)=C1C(=O)OC. The third-order valence-electron chi connectivity index (χ3n) is 5.20. The number of carbonyl (C=O) groups excluding carboxylic acids is 2. The van der Waals surface area contributed by atoms with E-state index in [2.05, 4.69) is 0 Å². The maximum atomic E-state index is 13.3. The highest BCUT2D eigenvalue weighted by molar-refractivity contribution is 6.16. The molecule has 0 saturated heterocycles. The maximum absolute atomic E-state index is 13.3. The topological polar surface area (TPSA) is 65.1 Å². The minimum Gasteiger partial charge on any atom is -0.497 e. The number of para-hydroxylation sites is 1. The fourth-order valence-electron chi connectivity index (χ4n) is 3.57. The summed E-state index contributed by atoms with van der Waals surface area (Å²) in [5, 5.41) is 0. The number of hydrogen-bond donors (Lipinski definition) is 0. The molecule has 2 aromatic rings. The van der Waals surface area contributed by atoms with Gasteiger partial charge in [0.15, 0.2) is 0 Å². The van der Waals surface area contributed by atoms with Gasteiger partial charge in [-0.25, -0.2) is 4.79 Å². The van der Waals surface area contributed by atoms with Crippen LogP contribution in [0, 0.1) is 0 Å². The van der Waals surface area contributed by atoms with Crippen LogP contribution >= 0.6 is 0 Å². The Hall–Kier alpha value is -3.54. The minimum atomic E-state index is -0.530. The molecular weight excluding hydrogens is 394 g/mol. The molecule has 6 nitrogen and oxygen atoms in total. The van der Waals surface area contributed by atoms with Crippen LogP contribution in [0.5, 0.6) is 11.5 Å². The fraction of sp³-hybridized carbons (Fsp3) is 0.280. The average molecular weight is 421 g/mol. The molecule has 0 N–H and O–H groups in total. The van der Waals surface area contributed by atoms with E-state index in [1.54, 1.807) is 25.0 Å². The summed E-state index contributed by atoms with van der Waals surface area (Å²) in [6.07, 6.45) is 2.35. The van der Waals surface area contributed by atoms with E-state index in [1.165, 1.54) is 7.11 Å². The van der Waals surface area contributed by atoms with Gasteiger partial charge in [-0.3, -0.25) is 4.79 Å². The zero-order valence-electron chi connectivity index (χ0n) is 18.3. The van der Waals surface area contributed by atoms with Gasteiger partial charge < -0.3 is 19.1 Å². The van der Waals surface area contributed by atoms with Crippen LogP contribution in [-0.2, 0) is 20.7 Å². The normalized spacial score (nSPS) is 14.9. The van der Waals surface area contributed by atoms with Crippen molar-refractivity contribution in [1.29, 1.82) is 0 Å². The van der Waals surface area contributed by atoms with E-state index in [4.69, 9.17) is 14.2 Å². The summed E-state index contributed by atoms with van der Waals surface area (Å²) in [4.78, 5) is 27.4. The van der Waals surface area contributed by atoms with E-state index in [-0.39, 0.29) is 11.5 Å². The second kappa shape index (κ2) is 9.98. The highest BCUT2D eigenvalue weighted by Gasteiger charge is 2.36. The van der Waals surface area contributed by atoms with Crippen LogP contribution in [-0.4, -0.2) is 44.1 Å². The Labute approximate surface area is 182 Å². The Balaban J connectivity index is 1.92. The molecule has 0 spiro atoms. The van der Waals surface area contributed by atoms with Crippen molar-refractivity contribution in [3.05, 3.63) is 76.5 Å². The van der Waals surface area contributed by atoms with Crippen LogP contribution in [0.25, 0.3) is 6.08 Å².